The zero-order valence-electron chi connectivity index (χ0n) is 13.5. The molecule has 0 radical (unpaired) electrons. The Hall–Kier alpha value is -2.40. The molecule has 0 bridgehead atoms. The Morgan fingerprint density at radius 1 is 1.17 bits per heavy atom. The number of fused-ring (bicyclic) bond motifs is 1. The van der Waals surface area contributed by atoms with Gasteiger partial charge in [-0.2, -0.15) is 0 Å². The van der Waals surface area contributed by atoms with Crippen molar-refractivity contribution < 1.29 is 19.1 Å². The summed E-state index contributed by atoms with van der Waals surface area (Å²) in [5.41, 5.74) is 2.79. The summed E-state index contributed by atoms with van der Waals surface area (Å²) in [6, 6.07) is 13.0. The first-order valence-corrected chi connectivity index (χ1v) is 8.89. The molecule has 124 valence electrons. The molecule has 0 atom stereocenters. The van der Waals surface area contributed by atoms with Crippen LogP contribution in [-0.4, -0.2) is 23.9 Å². The quantitative estimate of drug-likeness (QED) is 0.541. The molecule has 5 heteroatoms. The fourth-order valence-electron chi connectivity index (χ4n) is 2.64. The molecule has 0 spiro atoms. The van der Waals surface area contributed by atoms with Crippen LogP contribution in [0.3, 0.4) is 0 Å². The Balaban J connectivity index is 2.02. The largest absolute Gasteiger partial charge is 0.508 e. The number of rotatable bonds is 5. The number of aromatic hydroxyl groups is 1. The van der Waals surface area contributed by atoms with Crippen molar-refractivity contribution in [1.29, 1.82) is 0 Å². The molecule has 0 saturated carbocycles. The van der Waals surface area contributed by atoms with Crippen molar-refractivity contribution in [2.24, 2.45) is 0 Å². The predicted molar refractivity (Wildman–Crippen MR) is 95.4 cm³/mol. The van der Waals surface area contributed by atoms with E-state index in [9.17, 15) is 9.90 Å². The van der Waals surface area contributed by atoms with Gasteiger partial charge in [-0.05, 0) is 48.6 Å². The van der Waals surface area contributed by atoms with Crippen LogP contribution in [-0.2, 0) is 16.0 Å². The van der Waals surface area contributed by atoms with Crippen molar-refractivity contribution in [2.45, 2.75) is 18.2 Å². The minimum atomic E-state index is -0.286. The molecule has 0 aliphatic rings. The molecule has 0 amide bonds. The number of thioether (sulfide) groups is 1. The summed E-state index contributed by atoms with van der Waals surface area (Å²) < 4.78 is 10.9. The van der Waals surface area contributed by atoms with Crippen molar-refractivity contribution >= 4 is 28.7 Å². The lowest BCUT2D eigenvalue weighted by Gasteiger charge is -2.03. The van der Waals surface area contributed by atoms with E-state index >= 15 is 0 Å². The van der Waals surface area contributed by atoms with E-state index in [1.165, 1.54) is 0 Å². The molecule has 0 aliphatic heterocycles. The van der Waals surface area contributed by atoms with Gasteiger partial charge in [-0.25, -0.2) is 0 Å². The average Bonchev–Trinajstić information content (AvgIpc) is 2.91. The molecular formula is C19H18O4S. The lowest BCUT2D eigenvalue weighted by Crippen LogP contribution is -2.07. The molecule has 1 N–H and O–H groups in total. The monoisotopic (exact) mass is 342 g/mol. The molecule has 0 fully saturated rings. The van der Waals surface area contributed by atoms with Crippen molar-refractivity contribution in [3.8, 4) is 16.9 Å². The Bertz CT molecular complexity index is 865. The maximum absolute atomic E-state index is 11.8. The minimum absolute atomic E-state index is 0.132. The molecule has 1 heterocycles. The second-order valence-electron chi connectivity index (χ2n) is 5.30. The van der Waals surface area contributed by atoms with Crippen LogP contribution < -0.4 is 0 Å². The lowest BCUT2D eigenvalue weighted by molar-refractivity contribution is -0.142. The van der Waals surface area contributed by atoms with Gasteiger partial charge in [0.15, 0.2) is 0 Å². The molecule has 3 rings (SSSR count). The number of carbonyl (C=O) groups is 1. The van der Waals surface area contributed by atoms with Gasteiger partial charge < -0.3 is 14.3 Å². The maximum Gasteiger partial charge on any atom is 0.313 e. The third kappa shape index (κ3) is 3.26. The van der Waals surface area contributed by atoms with E-state index in [4.69, 9.17) is 9.15 Å². The fourth-order valence-corrected chi connectivity index (χ4v) is 3.36. The van der Waals surface area contributed by atoms with Crippen LogP contribution in [0.2, 0.25) is 0 Å². The Morgan fingerprint density at radius 3 is 2.54 bits per heavy atom. The van der Waals surface area contributed by atoms with Crippen molar-refractivity contribution in [1.82, 2.24) is 0 Å². The van der Waals surface area contributed by atoms with E-state index in [1.807, 2.05) is 36.6 Å². The van der Waals surface area contributed by atoms with Crippen molar-refractivity contribution in [3.63, 3.8) is 0 Å². The third-order valence-electron chi connectivity index (χ3n) is 3.73. The first-order chi connectivity index (χ1) is 11.6. The minimum Gasteiger partial charge on any atom is -0.508 e. The van der Waals surface area contributed by atoms with Crippen LogP contribution in [0.4, 0.5) is 0 Å². The number of benzene rings is 2. The summed E-state index contributed by atoms with van der Waals surface area (Å²) >= 11 is 1.56. The molecule has 3 aromatic rings. The van der Waals surface area contributed by atoms with Gasteiger partial charge in [0.25, 0.3) is 0 Å². The summed E-state index contributed by atoms with van der Waals surface area (Å²) in [7, 11) is 0. The summed E-state index contributed by atoms with van der Waals surface area (Å²) in [6.07, 6.45) is 2.10. The smallest absolute Gasteiger partial charge is 0.313 e. The summed E-state index contributed by atoms with van der Waals surface area (Å²) in [5.74, 6) is 0.592. The highest BCUT2D eigenvalue weighted by atomic mass is 32.2. The molecule has 0 saturated heterocycles. The van der Waals surface area contributed by atoms with Crippen molar-refractivity contribution in [2.75, 3.05) is 12.9 Å². The van der Waals surface area contributed by atoms with E-state index < -0.39 is 0 Å². The van der Waals surface area contributed by atoms with E-state index in [0.29, 0.717) is 12.4 Å². The Labute approximate surface area is 144 Å². The number of hydrogen-bond donors (Lipinski definition) is 1. The summed E-state index contributed by atoms with van der Waals surface area (Å²) in [6.45, 7) is 2.15. The number of phenolic OH excluding ortho intramolecular Hbond substituents is 1. The molecule has 4 nitrogen and oxygen atoms in total. The van der Waals surface area contributed by atoms with Crippen LogP contribution >= 0.6 is 11.8 Å². The molecule has 24 heavy (non-hydrogen) atoms. The Kier molecular flexibility index (Phi) is 4.81. The average molecular weight is 342 g/mol. The summed E-state index contributed by atoms with van der Waals surface area (Å²) in [5, 5.41) is 10.4. The standard InChI is InChI=1S/C19H18O4S/c1-3-22-18(21)11-17-19(24-2)15-10-13(6-9-16(15)23-17)12-4-7-14(20)8-5-12/h4-10,20H,3,11H2,1-2H3. The molecule has 1 aromatic heterocycles. The van der Waals surface area contributed by atoms with Gasteiger partial charge >= 0.3 is 5.97 Å². The van der Waals surface area contributed by atoms with Crippen LogP contribution in [0.15, 0.2) is 51.8 Å². The molecule has 0 unspecified atom stereocenters. The lowest BCUT2D eigenvalue weighted by atomic mass is 10.0. The second kappa shape index (κ2) is 7.01. The number of furan rings is 1. The topological polar surface area (TPSA) is 59.7 Å². The SMILES string of the molecule is CCOC(=O)Cc1oc2ccc(-c3ccc(O)cc3)cc2c1SC. The highest BCUT2D eigenvalue weighted by Crippen LogP contribution is 2.36. The van der Waals surface area contributed by atoms with Gasteiger partial charge in [0.05, 0.1) is 11.5 Å². The predicted octanol–water partition coefficient (Wildman–Crippen LogP) is 4.63. The van der Waals surface area contributed by atoms with Gasteiger partial charge in [0.1, 0.15) is 23.5 Å². The zero-order valence-corrected chi connectivity index (χ0v) is 14.4. The van der Waals surface area contributed by atoms with E-state index in [-0.39, 0.29) is 18.1 Å². The Morgan fingerprint density at radius 2 is 1.88 bits per heavy atom. The van der Waals surface area contributed by atoms with Crippen LogP contribution in [0, 0.1) is 0 Å². The first-order valence-electron chi connectivity index (χ1n) is 7.66. The van der Waals surface area contributed by atoms with Crippen molar-refractivity contribution in [3.05, 3.63) is 48.2 Å². The number of ether oxygens (including phenoxy) is 1. The maximum atomic E-state index is 11.8. The number of hydrogen-bond acceptors (Lipinski definition) is 5. The molecule has 2 aromatic carbocycles. The van der Waals surface area contributed by atoms with E-state index in [1.54, 1.807) is 30.8 Å². The normalized spacial score (nSPS) is 10.9. The van der Waals surface area contributed by atoms with Crippen LogP contribution in [0.5, 0.6) is 5.75 Å². The van der Waals surface area contributed by atoms with Gasteiger partial charge in [-0.15, -0.1) is 11.8 Å². The van der Waals surface area contributed by atoms with E-state index in [2.05, 4.69) is 0 Å². The number of phenols is 1. The van der Waals surface area contributed by atoms with E-state index in [0.717, 1.165) is 27.0 Å². The summed E-state index contributed by atoms with van der Waals surface area (Å²) in [4.78, 5) is 12.7. The third-order valence-corrected chi connectivity index (χ3v) is 4.58. The zero-order chi connectivity index (χ0) is 17.1. The highest BCUT2D eigenvalue weighted by molar-refractivity contribution is 7.98. The fraction of sp³-hybridized carbons (Fsp3) is 0.211. The second-order valence-corrected chi connectivity index (χ2v) is 6.11. The first kappa shape index (κ1) is 16.5. The molecular weight excluding hydrogens is 324 g/mol. The van der Waals surface area contributed by atoms with Crippen LogP contribution in [0.25, 0.3) is 22.1 Å². The van der Waals surface area contributed by atoms with Crippen LogP contribution in [0.1, 0.15) is 12.7 Å². The van der Waals surface area contributed by atoms with Gasteiger partial charge in [-0.3, -0.25) is 4.79 Å². The number of carbonyl (C=O) groups excluding carboxylic acids is 1. The number of esters is 1. The van der Waals surface area contributed by atoms with Gasteiger partial charge in [0.2, 0.25) is 0 Å². The van der Waals surface area contributed by atoms with Gasteiger partial charge in [0, 0.05) is 5.39 Å². The highest BCUT2D eigenvalue weighted by Gasteiger charge is 2.17. The van der Waals surface area contributed by atoms with Gasteiger partial charge in [-0.1, -0.05) is 18.2 Å². The molecule has 0 aliphatic carbocycles.